The van der Waals surface area contributed by atoms with Gasteiger partial charge in [-0.25, -0.2) is 8.78 Å². The molecule has 3 rings (SSSR count). The molecule has 0 N–H and O–H groups in total. The molecule has 1 aliphatic carbocycles. The maximum atomic E-state index is 13.2. The van der Waals surface area contributed by atoms with Crippen LogP contribution in [-0.4, -0.2) is 22.2 Å². The average molecular weight is 367 g/mol. The van der Waals surface area contributed by atoms with E-state index in [-0.39, 0.29) is 83.8 Å². The van der Waals surface area contributed by atoms with E-state index in [2.05, 4.69) is 15.4 Å². The summed E-state index contributed by atoms with van der Waals surface area (Å²) in [4.78, 5) is 10.8. The minimum Gasteiger partial charge on any atom is -0.545 e. The van der Waals surface area contributed by atoms with Crippen LogP contribution in [0.4, 0.5) is 8.78 Å². The minimum atomic E-state index is -2.55. The first kappa shape index (κ1) is 22.5. The molecule has 10 heteroatoms. The quantitative estimate of drug-likeness (QED) is 0.511. The summed E-state index contributed by atoms with van der Waals surface area (Å²) < 4.78 is 31.7. The summed E-state index contributed by atoms with van der Waals surface area (Å²) in [6.07, 6.45) is 0.694. The SMILES string of the molecule is O=C([O-])c1nn[n-]c1Oc1ccc(C2CCC(F)(F)CC2)cc1.[Na+].[Na+]. The summed E-state index contributed by atoms with van der Waals surface area (Å²) in [7, 11) is 0. The van der Waals surface area contributed by atoms with Crippen molar-refractivity contribution in [1.82, 2.24) is 15.4 Å². The van der Waals surface area contributed by atoms with Gasteiger partial charge in [0.25, 0.3) is 0 Å². The summed E-state index contributed by atoms with van der Waals surface area (Å²) in [6, 6.07) is 6.84. The number of benzene rings is 1. The van der Waals surface area contributed by atoms with Crippen LogP contribution in [0.5, 0.6) is 11.6 Å². The molecule has 0 atom stereocenters. The number of ether oxygens (including phenoxy) is 1. The maximum absolute atomic E-state index is 13.2. The molecule has 1 saturated carbocycles. The van der Waals surface area contributed by atoms with Crippen LogP contribution in [0.15, 0.2) is 24.3 Å². The predicted molar refractivity (Wildman–Crippen MR) is 72.4 cm³/mol. The van der Waals surface area contributed by atoms with E-state index in [4.69, 9.17) is 4.74 Å². The van der Waals surface area contributed by atoms with Gasteiger partial charge in [0.15, 0.2) is 0 Å². The van der Waals surface area contributed by atoms with Crippen LogP contribution >= 0.6 is 0 Å². The molecule has 0 amide bonds. The van der Waals surface area contributed by atoms with Crippen LogP contribution in [0.1, 0.15) is 47.7 Å². The molecule has 1 fully saturated rings. The van der Waals surface area contributed by atoms with Gasteiger partial charge in [-0.15, -0.1) is 0 Å². The van der Waals surface area contributed by atoms with Gasteiger partial charge >= 0.3 is 59.1 Å². The fourth-order valence-corrected chi connectivity index (χ4v) is 2.69. The number of halogens is 2. The van der Waals surface area contributed by atoms with Gasteiger partial charge in [-0.3, -0.25) is 5.21 Å². The summed E-state index contributed by atoms with van der Waals surface area (Å²) >= 11 is 0. The van der Waals surface area contributed by atoms with Gasteiger partial charge in [0.2, 0.25) is 5.92 Å². The van der Waals surface area contributed by atoms with Crippen molar-refractivity contribution in [2.45, 2.75) is 37.5 Å². The number of carbonyl (C=O) groups is 1. The molecule has 1 aromatic carbocycles. The number of aromatic carboxylic acids is 1. The Bertz CT molecular complexity index is 700. The van der Waals surface area contributed by atoms with Crippen molar-refractivity contribution in [1.29, 1.82) is 0 Å². The molecule has 1 aromatic heterocycles. The summed E-state index contributed by atoms with van der Waals surface area (Å²) in [6.45, 7) is 0. The Kier molecular flexibility index (Phi) is 8.50. The molecule has 0 unspecified atom stereocenters. The smallest absolute Gasteiger partial charge is 0.545 e. The van der Waals surface area contributed by atoms with Gasteiger partial charge in [0.05, 0.1) is 5.97 Å². The summed E-state index contributed by atoms with van der Waals surface area (Å²) in [5, 5.41) is 20.8. The van der Waals surface area contributed by atoms with E-state index < -0.39 is 17.6 Å². The second-order valence-electron chi connectivity index (χ2n) is 5.53. The van der Waals surface area contributed by atoms with Gasteiger partial charge in [0.1, 0.15) is 11.6 Å². The van der Waals surface area contributed by atoms with Crippen LogP contribution < -0.4 is 74.1 Å². The largest absolute Gasteiger partial charge is 1.00 e. The van der Waals surface area contributed by atoms with Gasteiger partial charge < -0.3 is 24.8 Å². The molecule has 0 aliphatic heterocycles. The number of nitrogens with zero attached hydrogens (tertiary/aromatic N) is 3. The number of carboxylic acid groups (broad SMARTS) is 1. The topological polar surface area (TPSA) is 89.2 Å². The number of rotatable bonds is 4. The zero-order valence-corrected chi connectivity index (χ0v) is 18.0. The number of carbonyl (C=O) groups excluding carboxylic acids is 1. The molecular weight excluding hydrogens is 354 g/mol. The molecule has 25 heavy (non-hydrogen) atoms. The van der Waals surface area contributed by atoms with E-state index in [1.807, 2.05) is 0 Å². The molecule has 1 heterocycles. The first-order valence-electron chi connectivity index (χ1n) is 7.18. The van der Waals surface area contributed by atoms with Crippen molar-refractivity contribution in [3.8, 4) is 11.6 Å². The van der Waals surface area contributed by atoms with Gasteiger partial charge in [-0.2, -0.15) is 0 Å². The van der Waals surface area contributed by atoms with E-state index in [1.54, 1.807) is 24.3 Å². The Labute approximate surface area is 187 Å². The molecule has 122 valence electrons. The van der Waals surface area contributed by atoms with Crippen molar-refractivity contribution in [3.63, 3.8) is 0 Å². The number of aromatic nitrogens is 3. The fraction of sp³-hybridized carbons (Fsp3) is 0.400. The van der Waals surface area contributed by atoms with Crippen molar-refractivity contribution in [3.05, 3.63) is 35.5 Å². The minimum absolute atomic E-state index is 0. The Morgan fingerprint density at radius 1 is 1.20 bits per heavy atom. The predicted octanol–water partition coefficient (Wildman–Crippen LogP) is -4.11. The third kappa shape index (κ3) is 5.74. The van der Waals surface area contributed by atoms with E-state index in [0.29, 0.717) is 18.6 Å². The fourth-order valence-electron chi connectivity index (χ4n) is 2.69. The van der Waals surface area contributed by atoms with Gasteiger partial charge in [-0.1, -0.05) is 12.1 Å². The van der Waals surface area contributed by atoms with E-state index >= 15 is 0 Å². The maximum Gasteiger partial charge on any atom is 1.00 e. The zero-order valence-electron chi connectivity index (χ0n) is 14.0. The standard InChI is InChI=1S/C15H15F2N3O3.2Na/c16-15(17)7-5-10(6-8-15)9-1-3-11(4-2-9)23-13-12(14(21)22)18-20-19-13;;/h1-4,10H,5-8H2,(H2,18,19,20,21,22);;/q;2*+1/p-2. The molecule has 1 aliphatic rings. The first-order valence-corrected chi connectivity index (χ1v) is 7.18. The normalized spacial score (nSPS) is 16.4. The van der Waals surface area contributed by atoms with E-state index in [0.717, 1.165) is 5.56 Å². The van der Waals surface area contributed by atoms with Crippen molar-refractivity contribution < 1.29 is 82.5 Å². The van der Waals surface area contributed by atoms with Gasteiger partial charge in [-0.05, 0) is 36.5 Å². The Morgan fingerprint density at radius 3 is 2.36 bits per heavy atom. The van der Waals surface area contributed by atoms with Crippen molar-refractivity contribution in [2.75, 3.05) is 0 Å². The molecular formula is C15H13F2N3Na2O3. The number of alkyl halides is 2. The van der Waals surface area contributed by atoms with Crippen LogP contribution in [0, 0.1) is 0 Å². The second kappa shape index (κ2) is 9.43. The Hall–Kier alpha value is -0.510. The number of hydrogen-bond acceptors (Lipinski definition) is 5. The van der Waals surface area contributed by atoms with E-state index in [1.165, 1.54) is 0 Å². The number of carboxylic acids is 1. The molecule has 0 spiro atoms. The zero-order chi connectivity index (χ0) is 16.4. The molecule has 0 bridgehead atoms. The van der Waals surface area contributed by atoms with Crippen LogP contribution in [-0.2, 0) is 0 Å². The van der Waals surface area contributed by atoms with Crippen LogP contribution in [0.3, 0.4) is 0 Å². The van der Waals surface area contributed by atoms with E-state index in [9.17, 15) is 18.7 Å². The first-order chi connectivity index (χ1) is 10.9. The molecule has 0 radical (unpaired) electrons. The third-order valence-electron chi connectivity index (χ3n) is 3.96. The van der Waals surface area contributed by atoms with Gasteiger partial charge in [0, 0.05) is 18.5 Å². The monoisotopic (exact) mass is 367 g/mol. The summed E-state index contributed by atoms with van der Waals surface area (Å²) in [5.41, 5.74) is 0.489. The second-order valence-corrected chi connectivity index (χ2v) is 5.53. The summed E-state index contributed by atoms with van der Waals surface area (Å²) in [5.74, 6) is -3.85. The molecule has 0 saturated heterocycles. The van der Waals surface area contributed by atoms with Crippen molar-refractivity contribution in [2.24, 2.45) is 0 Å². The number of hydrogen-bond donors (Lipinski definition) is 0. The van der Waals surface area contributed by atoms with Crippen molar-refractivity contribution >= 4 is 5.97 Å². The molecule has 6 nitrogen and oxygen atoms in total. The molecule has 2 aromatic rings. The Balaban J connectivity index is 0.00000156. The average Bonchev–Trinajstić information content (AvgIpc) is 2.97. The Morgan fingerprint density at radius 2 is 1.80 bits per heavy atom. The van der Waals surface area contributed by atoms with Crippen LogP contribution in [0.2, 0.25) is 0 Å². The van der Waals surface area contributed by atoms with Crippen LogP contribution in [0.25, 0.3) is 0 Å². The third-order valence-corrected chi connectivity index (χ3v) is 3.96.